The standard InChI is InChI=1S/C16H24ClNO2/c1-12-6-4-5-9-18(12)11-15(17)14-8-7-13(19-2)10-16(14)20-3/h7-8,10,12,15H,4-6,9,11H2,1-3H3. The van der Waals surface area contributed by atoms with Crippen LogP contribution in [0, 0.1) is 0 Å². The van der Waals surface area contributed by atoms with Gasteiger partial charge in [-0.05, 0) is 32.4 Å². The highest BCUT2D eigenvalue weighted by Crippen LogP contribution is 2.34. The van der Waals surface area contributed by atoms with E-state index in [-0.39, 0.29) is 5.38 Å². The zero-order chi connectivity index (χ0) is 14.5. The Bertz CT molecular complexity index is 438. The number of likely N-dealkylation sites (tertiary alicyclic amines) is 1. The van der Waals surface area contributed by atoms with Gasteiger partial charge < -0.3 is 9.47 Å². The number of piperidine rings is 1. The topological polar surface area (TPSA) is 21.7 Å². The van der Waals surface area contributed by atoms with Crippen LogP contribution in [0.4, 0.5) is 0 Å². The Morgan fingerprint density at radius 2 is 2.10 bits per heavy atom. The van der Waals surface area contributed by atoms with Gasteiger partial charge in [-0.25, -0.2) is 0 Å². The van der Waals surface area contributed by atoms with Gasteiger partial charge in [0.2, 0.25) is 0 Å². The van der Waals surface area contributed by atoms with Crippen LogP contribution < -0.4 is 9.47 Å². The number of benzene rings is 1. The number of hydrogen-bond acceptors (Lipinski definition) is 3. The predicted molar refractivity (Wildman–Crippen MR) is 83.0 cm³/mol. The zero-order valence-corrected chi connectivity index (χ0v) is 13.3. The molecule has 0 bridgehead atoms. The van der Waals surface area contributed by atoms with Gasteiger partial charge in [0.15, 0.2) is 0 Å². The molecule has 0 amide bonds. The van der Waals surface area contributed by atoms with E-state index in [0.717, 1.165) is 30.2 Å². The minimum Gasteiger partial charge on any atom is -0.497 e. The monoisotopic (exact) mass is 297 g/mol. The van der Waals surface area contributed by atoms with Crippen LogP contribution in [-0.4, -0.2) is 38.3 Å². The number of rotatable bonds is 5. The molecule has 2 rings (SSSR count). The summed E-state index contributed by atoms with van der Waals surface area (Å²) in [6.07, 6.45) is 3.87. The molecule has 1 fully saturated rings. The molecule has 4 heteroatoms. The highest BCUT2D eigenvalue weighted by Gasteiger charge is 2.23. The van der Waals surface area contributed by atoms with Crippen molar-refractivity contribution in [2.24, 2.45) is 0 Å². The Balaban J connectivity index is 2.09. The van der Waals surface area contributed by atoms with E-state index in [1.165, 1.54) is 19.3 Å². The molecule has 1 aliphatic heterocycles. The maximum atomic E-state index is 6.62. The summed E-state index contributed by atoms with van der Waals surface area (Å²) in [5.74, 6) is 1.59. The first-order valence-electron chi connectivity index (χ1n) is 7.25. The summed E-state index contributed by atoms with van der Waals surface area (Å²) in [7, 11) is 3.33. The van der Waals surface area contributed by atoms with Crippen LogP contribution in [0.15, 0.2) is 18.2 Å². The van der Waals surface area contributed by atoms with Crippen LogP contribution in [0.5, 0.6) is 11.5 Å². The fourth-order valence-electron chi connectivity index (χ4n) is 2.81. The van der Waals surface area contributed by atoms with Gasteiger partial charge in [-0.15, -0.1) is 11.6 Å². The molecule has 1 saturated heterocycles. The van der Waals surface area contributed by atoms with E-state index in [1.807, 2.05) is 18.2 Å². The normalized spacial score (nSPS) is 21.5. The Labute approximate surface area is 126 Å². The van der Waals surface area contributed by atoms with Crippen molar-refractivity contribution in [2.45, 2.75) is 37.6 Å². The van der Waals surface area contributed by atoms with Crippen molar-refractivity contribution in [1.82, 2.24) is 4.90 Å². The molecule has 0 N–H and O–H groups in total. The lowest BCUT2D eigenvalue weighted by atomic mass is 10.0. The van der Waals surface area contributed by atoms with Crippen LogP contribution in [0.3, 0.4) is 0 Å². The second kappa shape index (κ2) is 7.19. The van der Waals surface area contributed by atoms with Crippen LogP contribution in [-0.2, 0) is 0 Å². The van der Waals surface area contributed by atoms with Gasteiger partial charge in [0, 0.05) is 24.2 Å². The van der Waals surface area contributed by atoms with Crippen LogP contribution >= 0.6 is 11.6 Å². The molecule has 1 aromatic rings. The van der Waals surface area contributed by atoms with Crippen molar-refractivity contribution < 1.29 is 9.47 Å². The van der Waals surface area contributed by atoms with Crippen molar-refractivity contribution in [3.63, 3.8) is 0 Å². The lowest BCUT2D eigenvalue weighted by Crippen LogP contribution is -2.39. The molecule has 3 nitrogen and oxygen atoms in total. The maximum Gasteiger partial charge on any atom is 0.127 e. The first-order chi connectivity index (χ1) is 9.65. The van der Waals surface area contributed by atoms with Crippen LogP contribution in [0.1, 0.15) is 37.1 Å². The average Bonchev–Trinajstić information content (AvgIpc) is 2.48. The molecule has 2 atom stereocenters. The van der Waals surface area contributed by atoms with E-state index in [9.17, 15) is 0 Å². The molecule has 2 unspecified atom stereocenters. The lowest BCUT2D eigenvalue weighted by Gasteiger charge is -2.34. The molecule has 0 spiro atoms. The molecule has 0 saturated carbocycles. The Hall–Kier alpha value is -0.930. The highest BCUT2D eigenvalue weighted by molar-refractivity contribution is 6.21. The molecular weight excluding hydrogens is 274 g/mol. The molecule has 0 aliphatic carbocycles. The van der Waals surface area contributed by atoms with Gasteiger partial charge in [-0.1, -0.05) is 12.5 Å². The fourth-order valence-corrected chi connectivity index (χ4v) is 3.17. The Morgan fingerprint density at radius 1 is 1.30 bits per heavy atom. The molecule has 1 aromatic carbocycles. The third-order valence-corrected chi connectivity index (χ3v) is 4.49. The average molecular weight is 298 g/mol. The SMILES string of the molecule is COc1ccc(C(Cl)CN2CCCCC2C)c(OC)c1. The van der Waals surface area contributed by atoms with Crippen molar-refractivity contribution in [3.8, 4) is 11.5 Å². The maximum absolute atomic E-state index is 6.62. The van der Waals surface area contributed by atoms with Crippen molar-refractivity contribution in [1.29, 1.82) is 0 Å². The van der Waals surface area contributed by atoms with Gasteiger partial charge >= 0.3 is 0 Å². The summed E-state index contributed by atoms with van der Waals surface area (Å²) in [6.45, 7) is 4.29. The first kappa shape index (κ1) is 15.5. The second-order valence-electron chi connectivity index (χ2n) is 5.42. The number of halogens is 1. The smallest absolute Gasteiger partial charge is 0.127 e. The summed E-state index contributed by atoms with van der Waals surface area (Å²) >= 11 is 6.62. The lowest BCUT2D eigenvalue weighted by molar-refractivity contribution is 0.160. The number of hydrogen-bond donors (Lipinski definition) is 0. The molecular formula is C16H24ClNO2. The third kappa shape index (κ3) is 3.58. The van der Waals surface area contributed by atoms with E-state index in [1.54, 1.807) is 14.2 Å². The van der Waals surface area contributed by atoms with Gasteiger partial charge in [-0.3, -0.25) is 4.90 Å². The molecule has 0 aromatic heterocycles. The summed E-state index contributed by atoms with van der Waals surface area (Å²) < 4.78 is 10.7. The van der Waals surface area contributed by atoms with E-state index < -0.39 is 0 Å². The Kier molecular flexibility index (Phi) is 5.55. The van der Waals surface area contributed by atoms with Crippen molar-refractivity contribution >= 4 is 11.6 Å². The molecule has 20 heavy (non-hydrogen) atoms. The summed E-state index contributed by atoms with van der Waals surface area (Å²) in [5.41, 5.74) is 1.03. The zero-order valence-electron chi connectivity index (χ0n) is 12.6. The van der Waals surface area contributed by atoms with Crippen LogP contribution in [0.2, 0.25) is 0 Å². The molecule has 1 aliphatic rings. The van der Waals surface area contributed by atoms with Gasteiger partial charge in [-0.2, -0.15) is 0 Å². The summed E-state index contributed by atoms with van der Waals surface area (Å²) in [6, 6.07) is 6.45. The molecule has 0 radical (unpaired) electrons. The molecule has 112 valence electrons. The number of alkyl halides is 1. The van der Waals surface area contributed by atoms with E-state index >= 15 is 0 Å². The first-order valence-corrected chi connectivity index (χ1v) is 7.69. The number of ether oxygens (including phenoxy) is 2. The second-order valence-corrected chi connectivity index (χ2v) is 5.94. The van der Waals surface area contributed by atoms with Gasteiger partial charge in [0.1, 0.15) is 11.5 Å². The summed E-state index contributed by atoms with van der Waals surface area (Å²) in [5, 5.41) is -0.0589. The fraction of sp³-hybridized carbons (Fsp3) is 0.625. The van der Waals surface area contributed by atoms with E-state index in [0.29, 0.717) is 6.04 Å². The summed E-state index contributed by atoms with van der Waals surface area (Å²) in [4.78, 5) is 2.48. The number of nitrogens with zero attached hydrogens (tertiary/aromatic N) is 1. The van der Waals surface area contributed by atoms with E-state index in [2.05, 4.69) is 11.8 Å². The van der Waals surface area contributed by atoms with Crippen molar-refractivity contribution in [3.05, 3.63) is 23.8 Å². The van der Waals surface area contributed by atoms with Gasteiger partial charge in [0.05, 0.1) is 19.6 Å². The Morgan fingerprint density at radius 3 is 2.75 bits per heavy atom. The largest absolute Gasteiger partial charge is 0.497 e. The quantitative estimate of drug-likeness (QED) is 0.770. The minimum atomic E-state index is -0.0589. The van der Waals surface area contributed by atoms with Crippen molar-refractivity contribution in [2.75, 3.05) is 27.3 Å². The number of methoxy groups -OCH3 is 2. The van der Waals surface area contributed by atoms with Crippen LogP contribution in [0.25, 0.3) is 0 Å². The minimum absolute atomic E-state index is 0.0589. The highest BCUT2D eigenvalue weighted by atomic mass is 35.5. The predicted octanol–water partition coefficient (Wildman–Crippen LogP) is 3.86. The molecule has 1 heterocycles. The van der Waals surface area contributed by atoms with E-state index in [4.69, 9.17) is 21.1 Å². The van der Waals surface area contributed by atoms with Gasteiger partial charge in [0.25, 0.3) is 0 Å². The third-order valence-electron chi connectivity index (χ3n) is 4.11.